The maximum atomic E-state index is 12.8. The SMILES string of the molecule is CC.Cc1ccc(C(=N)C(=O)N(C)c2ccccn2)c(Nc2ccnc(N)n2)c1. The summed E-state index contributed by atoms with van der Waals surface area (Å²) in [7, 11) is 1.59. The molecule has 4 N–H and O–H groups in total. The molecule has 0 unspecified atom stereocenters. The number of nitrogens with one attached hydrogen (secondary N) is 2. The molecule has 0 atom stereocenters. The Kier molecular flexibility index (Phi) is 7.36. The fourth-order valence-electron chi connectivity index (χ4n) is 2.50. The molecule has 0 aliphatic carbocycles. The lowest BCUT2D eigenvalue weighted by Crippen LogP contribution is -2.34. The van der Waals surface area contributed by atoms with Crippen molar-refractivity contribution in [2.24, 2.45) is 0 Å². The van der Waals surface area contributed by atoms with Crippen LogP contribution in [-0.2, 0) is 4.79 Å². The maximum absolute atomic E-state index is 12.8. The van der Waals surface area contributed by atoms with E-state index in [0.29, 0.717) is 22.9 Å². The highest BCUT2D eigenvalue weighted by molar-refractivity contribution is 6.49. The van der Waals surface area contributed by atoms with Gasteiger partial charge in [-0.2, -0.15) is 4.98 Å². The average molecular weight is 391 g/mol. The van der Waals surface area contributed by atoms with E-state index < -0.39 is 5.91 Å². The number of hydrogen-bond donors (Lipinski definition) is 3. The number of hydrogen-bond acceptors (Lipinski definition) is 7. The number of nitrogens with zero attached hydrogens (tertiary/aromatic N) is 4. The van der Waals surface area contributed by atoms with Crippen LogP contribution in [0.2, 0.25) is 0 Å². The van der Waals surface area contributed by atoms with Gasteiger partial charge in [0.15, 0.2) is 0 Å². The fraction of sp³-hybridized carbons (Fsp3) is 0.190. The number of aryl methyl sites for hydroxylation is 1. The quantitative estimate of drug-likeness (QED) is 0.572. The number of amides is 1. The normalized spacial score (nSPS) is 9.79. The lowest BCUT2D eigenvalue weighted by Gasteiger charge is -2.18. The van der Waals surface area contributed by atoms with Gasteiger partial charge in [-0.05, 0) is 36.8 Å². The number of anilines is 4. The number of benzene rings is 1. The number of likely N-dealkylation sites (N-methyl/N-ethyl adjacent to an activating group) is 1. The fourth-order valence-corrected chi connectivity index (χ4v) is 2.50. The van der Waals surface area contributed by atoms with E-state index in [4.69, 9.17) is 11.1 Å². The molecule has 1 aromatic carbocycles. The minimum atomic E-state index is -0.470. The van der Waals surface area contributed by atoms with Crippen molar-refractivity contribution in [1.82, 2.24) is 15.0 Å². The molecule has 2 heterocycles. The van der Waals surface area contributed by atoms with Crippen molar-refractivity contribution >= 4 is 34.9 Å². The minimum absolute atomic E-state index is 0.134. The van der Waals surface area contributed by atoms with Gasteiger partial charge < -0.3 is 11.1 Å². The number of nitrogens with two attached hydrogens (primary N) is 1. The van der Waals surface area contributed by atoms with E-state index in [0.717, 1.165) is 5.56 Å². The smallest absolute Gasteiger partial charge is 0.277 e. The minimum Gasteiger partial charge on any atom is -0.368 e. The molecule has 8 nitrogen and oxygen atoms in total. The first-order valence-electron chi connectivity index (χ1n) is 9.20. The van der Waals surface area contributed by atoms with Crippen LogP contribution < -0.4 is 16.0 Å². The molecule has 0 aliphatic heterocycles. The second-order valence-corrected chi connectivity index (χ2v) is 5.90. The average Bonchev–Trinajstić information content (AvgIpc) is 2.74. The predicted molar refractivity (Wildman–Crippen MR) is 117 cm³/mol. The molecule has 0 fully saturated rings. The molecule has 3 aromatic rings. The molecule has 3 rings (SSSR count). The summed E-state index contributed by atoms with van der Waals surface area (Å²) in [5.41, 5.74) is 7.47. The number of carbonyl (C=O) groups is 1. The lowest BCUT2D eigenvalue weighted by atomic mass is 10.0. The van der Waals surface area contributed by atoms with Crippen LogP contribution in [0.4, 0.5) is 23.3 Å². The van der Waals surface area contributed by atoms with E-state index in [9.17, 15) is 4.79 Å². The highest BCUT2D eigenvalue weighted by atomic mass is 16.2. The van der Waals surface area contributed by atoms with Crippen LogP contribution in [-0.4, -0.2) is 33.6 Å². The van der Waals surface area contributed by atoms with Crippen LogP contribution >= 0.6 is 0 Å². The Morgan fingerprint density at radius 2 is 1.86 bits per heavy atom. The maximum Gasteiger partial charge on any atom is 0.277 e. The van der Waals surface area contributed by atoms with E-state index in [1.165, 1.54) is 11.1 Å². The van der Waals surface area contributed by atoms with Crippen molar-refractivity contribution in [3.05, 3.63) is 66.0 Å². The lowest BCUT2D eigenvalue weighted by molar-refractivity contribution is -0.112. The molecule has 29 heavy (non-hydrogen) atoms. The zero-order valence-corrected chi connectivity index (χ0v) is 17.0. The molecule has 0 bridgehead atoms. The molecule has 8 heteroatoms. The van der Waals surface area contributed by atoms with Crippen molar-refractivity contribution in [2.45, 2.75) is 20.8 Å². The third-order valence-corrected chi connectivity index (χ3v) is 3.89. The van der Waals surface area contributed by atoms with Crippen molar-refractivity contribution in [1.29, 1.82) is 5.41 Å². The number of carbonyl (C=O) groups excluding carboxylic acids is 1. The van der Waals surface area contributed by atoms with Gasteiger partial charge >= 0.3 is 0 Å². The Hall–Kier alpha value is -3.81. The molecule has 0 aliphatic rings. The molecule has 2 aromatic heterocycles. The molecular weight excluding hydrogens is 366 g/mol. The highest BCUT2D eigenvalue weighted by Crippen LogP contribution is 2.23. The largest absolute Gasteiger partial charge is 0.368 e. The molecule has 0 saturated heterocycles. The summed E-state index contributed by atoms with van der Waals surface area (Å²) in [4.78, 5) is 26.2. The van der Waals surface area contributed by atoms with E-state index >= 15 is 0 Å². The van der Waals surface area contributed by atoms with Crippen LogP contribution in [0.1, 0.15) is 25.0 Å². The monoisotopic (exact) mass is 391 g/mol. The molecule has 0 spiro atoms. The topological polar surface area (TPSA) is 121 Å². The number of rotatable bonds is 5. The molecule has 0 radical (unpaired) electrons. The van der Waals surface area contributed by atoms with Crippen molar-refractivity contribution < 1.29 is 4.79 Å². The first kappa shape index (κ1) is 21.5. The predicted octanol–water partition coefficient (Wildman–Crippen LogP) is 3.56. The van der Waals surface area contributed by atoms with Gasteiger partial charge in [-0.25, -0.2) is 9.97 Å². The number of pyridine rings is 1. The first-order valence-corrected chi connectivity index (χ1v) is 9.20. The van der Waals surface area contributed by atoms with Crippen LogP contribution in [0, 0.1) is 12.3 Å². The Labute approximate surface area is 170 Å². The van der Waals surface area contributed by atoms with Gasteiger partial charge in [0, 0.05) is 30.7 Å². The van der Waals surface area contributed by atoms with Gasteiger partial charge in [0.25, 0.3) is 5.91 Å². The first-order chi connectivity index (χ1) is 14.0. The Bertz CT molecular complexity index is 989. The number of aromatic nitrogens is 3. The Balaban J connectivity index is 0.00000145. The second-order valence-electron chi connectivity index (χ2n) is 5.90. The summed E-state index contributed by atoms with van der Waals surface area (Å²) < 4.78 is 0. The zero-order valence-electron chi connectivity index (χ0n) is 17.0. The van der Waals surface area contributed by atoms with Crippen LogP contribution in [0.15, 0.2) is 54.9 Å². The van der Waals surface area contributed by atoms with Crippen LogP contribution in [0.5, 0.6) is 0 Å². The summed E-state index contributed by atoms with van der Waals surface area (Å²) in [6, 6.07) is 12.3. The zero-order chi connectivity index (χ0) is 21.4. The van der Waals surface area contributed by atoms with Gasteiger partial charge in [-0.1, -0.05) is 32.0 Å². The summed E-state index contributed by atoms with van der Waals surface area (Å²) in [6.45, 7) is 5.93. The van der Waals surface area contributed by atoms with Crippen molar-refractivity contribution in [3.8, 4) is 0 Å². The van der Waals surface area contributed by atoms with Gasteiger partial charge in [-0.3, -0.25) is 15.1 Å². The van der Waals surface area contributed by atoms with Crippen LogP contribution in [0.25, 0.3) is 0 Å². The summed E-state index contributed by atoms with van der Waals surface area (Å²) in [5.74, 6) is 0.614. The van der Waals surface area contributed by atoms with Gasteiger partial charge in [0.2, 0.25) is 5.95 Å². The van der Waals surface area contributed by atoms with E-state index in [1.807, 2.05) is 32.9 Å². The summed E-state index contributed by atoms with van der Waals surface area (Å²) >= 11 is 0. The third-order valence-electron chi connectivity index (χ3n) is 3.89. The van der Waals surface area contributed by atoms with E-state index in [2.05, 4.69) is 20.3 Å². The highest BCUT2D eigenvalue weighted by Gasteiger charge is 2.21. The third kappa shape index (κ3) is 5.35. The van der Waals surface area contributed by atoms with Gasteiger partial charge in [0.05, 0.1) is 0 Å². The van der Waals surface area contributed by atoms with Crippen molar-refractivity contribution in [3.63, 3.8) is 0 Å². The van der Waals surface area contributed by atoms with Crippen molar-refractivity contribution in [2.75, 3.05) is 23.0 Å². The standard InChI is InChI=1S/C19H19N7O.C2H6/c1-12-6-7-13(14(11-12)24-15-8-10-23-19(21)25-15)17(20)18(27)26(2)16-5-3-4-9-22-16;1-2/h3-11,20H,1-2H3,(H3,21,23,24,25);1-2H3. The number of nitrogen functional groups attached to an aromatic ring is 1. The summed E-state index contributed by atoms with van der Waals surface area (Å²) in [5, 5.41) is 11.5. The molecule has 1 amide bonds. The Morgan fingerprint density at radius 1 is 1.10 bits per heavy atom. The van der Waals surface area contributed by atoms with E-state index in [-0.39, 0.29) is 11.7 Å². The second kappa shape index (κ2) is 9.93. The van der Waals surface area contributed by atoms with Crippen LogP contribution in [0.3, 0.4) is 0 Å². The van der Waals surface area contributed by atoms with Gasteiger partial charge in [-0.15, -0.1) is 0 Å². The molecule has 150 valence electrons. The Morgan fingerprint density at radius 3 is 2.52 bits per heavy atom. The molecular formula is C21H25N7O. The van der Waals surface area contributed by atoms with E-state index in [1.54, 1.807) is 43.6 Å². The molecule has 0 saturated carbocycles. The van der Waals surface area contributed by atoms with Gasteiger partial charge in [0.1, 0.15) is 17.3 Å². The summed E-state index contributed by atoms with van der Waals surface area (Å²) in [6.07, 6.45) is 3.13.